The van der Waals surface area contributed by atoms with Gasteiger partial charge in [-0.25, -0.2) is 4.98 Å². The van der Waals surface area contributed by atoms with Crippen molar-refractivity contribution in [2.24, 2.45) is 0 Å². The Morgan fingerprint density at radius 1 is 1.11 bits per heavy atom. The topological polar surface area (TPSA) is 104 Å². The van der Waals surface area contributed by atoms with Gasteiger partial charge in [-0.1, -0.05) is 18.2 Å². The summed E-state index contributed by atoms with van der Waals surface area (Å²) in [5, 5.41) is 6.07. The van der Waals surface area contributed by atoms with Gasteiger partial charge in [0, 0.05) is 30.6 Å². The van der Waals surface area contributed by atoms with Gasteiger partial charge in [-0.15, -0.1) is 0 Å². The van der Waals surface area contributed by atoms with Gasteiger partial charge in [-0.05, 0) is 43.7 Å². The van der Waals surface area contributed by atoms with Crippen molar-refractivity contribution in [1.29, 1.82) is 0 Å². The third-order valence-electron chi connectivity index (χ3n) is 4.23. The highest BCUT2D eigenvalue weighted by molar-refractivity contribution is 5.97. The predicted molar refractivity (Wildman–Crippen MR) is 108 cm³/mol. The van der Waals surface area contributed by atoms with Gasteiger partial charge in [-0.2, -0.15) is 0 Å². The molecular weight excluding hydrogens is 356 g/mol. The quantitative estimate of drug-likeness (QED) is 0.588. The maximum Gasteiger partial charge on any atom is 0.258 e. The molecule has 1 aromatic heterocycles. The molecule has 0 atom stereocenters. The van der Waals surface area contributed by atoms with Crippen LogP contribution in [0.3, 0.4) is 0 Å². The largest absolute Gasteiger partial charge is 0.352 e. The molecule has 3 N–H and O–H groups in total. The summed E-state index contributed by atoms with van der Waals surface area (Å²) in [6.45, 7) is 2.39. The molecule has 0 aliphatic carbocycles. The number of nitrogens with one attached hydrogen (secondary N) is 3. The number of hydrogen-bond donors (Lipinski definition) is 3. The monoisotopic (exact) mass is 378 g/mol. The highest BCUT2D eigenvalue weighted by Gasteiger charge is 2.08. The van der Waals surface area contributed by atoms with Crippen LogP contribution in [0.25, 0.3) is 10.9 Å². The SMILES string of the molecule is CCNC(=O)c1cccc(NC(=O)CCCc2nc3ccccc3c(=O)[nH]2)c1. The number of nitrogens with zero attached hydrogens (tertiary/aromatic N) is 1. The van der Waals surface area contributed by atoms with Gasteiger partial charge in [0.15, 0.2) is 0 Å². The minimum atomic E-state index is -0.176. The average molecular weight is 378 g/mol. The third-order valence-corrected chi connectivity index (χ3v) is 4.23. The zero-order valence-corrected chi connectivity index (χ0v) is 15.6. The van der Waals surface area contributed by atoms with Crippen LogP contribution < -0.4 is 16.2 Å². The first-order valence-corrected chi connectivity index (χ1v) is 9.23. The van der Waals surface area contributed by atoms with Crippen LogP contribution in [-0.4, -0.2) is 28.3 Å². The molecule has 28 heavy (non-hydrogen) atoms. The summed E-state index contributed by atoms with van der Waals surface area (Å²) in [5.74, 6) is 0.232. The van der Waals surface area contributed by atoms with E-state index in [9.17, 15) is 14.4 Å². The van der Waals surface area contributed by atoms with E-state index in [0.29, 0.717) is 47.4 Å². The zero-order chi connectivity index (χ0) is 19.9. The molecule has 3 rings (SSSR count). The number of rotatable bonds is 7. The summed E-state index contributed by atoms with van der Waals surface area (Å²) in [7, 11) is 0. The first-order valence-electron chi connectivity index (χ1n) is 9.23. The summed E-state index contributed by atoms with van der Waals surface area (Å²) < 4.78 is 0. The molecule has 144 valence electrons. The number of para-hydroxylation sites is 1. The fourth-order valence-electron chi connectivity index (χ4n) is 2.89. The average Bonchev–Trinajstić information content (AvgIpc) is 2.68. The lowest BCUT2D eigenvalue weighted by molar-refractivity contribution is -0.116. The second kappa shape index (κ2) is 8.94. The van der Waals surface area contributed by atoms with Crippen molar-refractivity contribution in [2.45, 2.75) is 26.2 Å². The summed E-state index contributed by atoms with van der Waals surface area (Å²) >= 11 is 0. The van der Waals surface area contributed by atoms with Crippen molar-refractivity contribution in [3.63, 3.8) is 0 Å². The van der Waals surface area contributed by atoms with Crippen LogP contribution in [0.2, 0.25) is 0 Å². The van der Waals surface area contributed by atoms with E-state index >= 15 is 0 Å². The van der Waals surface area contributed by atoms with E-state index in [1.807, 2.05) is 13.0 Å². The van der Waals surface area contributed by atoms with E-state index in [4.69, 9.17) is 0 Å². The molecule has 3 aromatic rings. The van der Waals surface area contributed by atoms with Crippen LogP contribution in [0.4, 0.5) is 5.69 Å². The van der Waals surface area contributed by atoms with Crippen LogP contribution in [0, 0.1) is 0 Å². The van der Waals surface area contributed by atoms with Gasteiger partial charge in [-0.3, -0.25) is 14.4 Å². The Morgan fingerprint density at radius 3 is 2.75 bits per heavy atom. The van der Waals surface area contributed by atoms with E-state index in [2.05, 4.69) is 20.6 Å². The number of H-pyrrole nitrogens is 1. The van der Waals surface area contributed by atoms with Crippen LogP contribution >= 0.6 is 0 Å². The maximum atomic E-state index is 12.2. The highest BCUT2D eigenvalue weighted by Crippen LogP contribution is 2.12. The Hall–Kier alpha value is -3.48. The number of amides is 2. The van der Waals surface area contributed by atoms with Gasteiger partial charge < -0.3 is 15.6 Å². The molecule has 0 spiro atoms. The van der Waals surface area contributed by atoms with Crippen molar-refractivity contribution in [3.05, 3.63) is 70.3 Å². The molecule has 7 heteroatoms. The molecule has 0 saturated carbocycles. The molecule has 7 nitrogen and oxygen atoms in total. The Balaban J connectivity index is 1.56. The van der Waals surface area contributed by atoms with Gasteiger partial charge >= 0.3 is 0 Å². The molecule has 0 saturated heterocycles. The maximum absolute atomic E-state index is 12.2. The smallest absolute Gasteiger partial charge is 0.258 e. The molecule has 0 fully saturated rings. The molecule has 0 radical (unpaired) electrons. The van der Waals surface area contributed by atoms with E-state index < -0.39 is 0 Å². The molecule has 0 aliphatic rings. The molecule has 0 aliphatic heterocycles. The molecular formula is C21H22N4O3. The molecule has 1 heterocycles. The number of aromatic nitrogens is 2. The minimum Gasteiger partial charge on any atom is -0.352 e. The van der Waals surface area contributed by atoms with Gasteiger partial charge in [0.1, 0.15) is 5.82 Å². The third kappa shape index (κ3) is 4.82. The highest BCUT2D eigenvalue weighted by atomic mass is 16.2. The minimum absolute atomic E-state index is 0.156. The Kier molecular flexibility index (Phi) is 6.16. The lowest BCUT2D eigenvalue weighted by Crippen LogP contribution is -2.22. The lowest BCUT2D eigenvalue weighted by Gasteiger charge is -2.08. The van der Waals surface area contributed by atoms with Crippen LogP contribution in [0.15, 0.2) is 53.3 Å². The van der Waals surface area contributed by atoms with E-state index in [0.717, 1.165) is 0 Å². The number of carbonyl (C=O) groups excluding carboxylic acids is 2. The number of hydrogen-bond acceptors (Lipinski definition) is 4. The fraction of sp³-hybridized carbons (Fsp3) is 0.238. The lowest BCUT2D eigenvalue weighted by atomic mass is 10.1. The normalized spacial score (nSPS) is 10.6. The van der Waals surface area contributed by atoms with E-state index in [1.54, 1.807) is 42.5 Å². The van der Waals surface area contributed by atoms with Gasteiger partial charge in [0.05, 0.1) is 10.9 Å². The molecule has 0 bridgehead atoms. The first kappa shape index (κ1) is 19.3. The number of aromatic amines is 1. The Morgan fingerprint density at radius 2 is 1.93 bits per heavy atom. The standard InChI is InChI=1S/C21H22N4O3/c1-2-22-20(27)14-7-5-8-15(13-14)23-19(26)12-6-11-18-24-17-10-4-3-9-16(17)21(28)25-18/h3-5,7-10,13H,2,6,11-12H2,1H3,(H,22,27)(H,23,26)(H,24,25,28). The fourth-order valence-corrected chi connectivity index (χ4v) is 2.89. The predicted octanol–water partition coefficient (Wildman–Crippen LogP) is 2.63. The number of aryl methyl sites for hydroxylation is 1. The molecule has 2 aromatic carbocycles. The number of carbonyl (C=O) groups is 2. The summed E-state index contributed by atoms with van der Waals surface area (Å²) in [6.07, 6.45) is 1.32. The van der Waals surface area contributed by atoms with Crippen LogP contribution in [-0.2, 0) is 11.2 Å². The van der Waals surface area contributed by atoms with Gasteiger partial charge in [0.25, 0.3) is 11.5 Å². The molecule has 2 amide bonds. The Bertz CT molecular complexity index is 1060. The summed E-state index contributed by atoms with van der Waals surface area (Å²) in [5.41, 5.74) is 1.55. The number of fused-ring (bicyclic) bond motifs is 1. The van der Waals surface area contributed by atoms with Crippen molar-refractivity contribution < 1.29 is 9.59 Å². The van der Waals surface area contributed by atoms with E-state index in [-0.39, 0.29) is 23.8 Å². The Labute approximate surface area is 162 Å². The summed E-state index contributed by atoms with van der Waals surface area (Å²) in [4.78, 5) is 43.3. The second-order valence-corrected chi connectivity index (χ2v) is 6.37. The zero-order valence-electron chi connectivity index (χ0n) is 15.6. The van der Waals surface area contributed by atoms with Crippen molar-refractivity contribution >= 4 is 28.4 Å². The second-order valence-electron chi connectivity index (χ2n) is 6.37. The van der Waals surface area contributed by atoms with Gasteiger partial charge in [0.2, 0.25) is 5.91 Å². The number of anilines is 1. The molecule has 0 unspecified atom stereocenters. The van der Waals surface area contributed by atoms with E-state index in [1.165, 1.54) is 0 Å². The van der Waals surface area contributed by atoms with Crippen molar-refractivity contribution in [2.75, 3.05) is 11.9 Å². The van der Waals surface area contributed by atoms with Crippen molar-refractivity contribution in [1.82, 2.24) is 15.3 Å². The van der Waals surface area contributed by atoms with Crippen LogP contribution in [0.5, 0.6) is 0 Å². The number of benzene rings is 2. The van der Waals surface area contributed by atoms with Crippen LogP contribution in [0.1, 0.15) is 35.9 Å². The van der Waals surface area contributed by atoms with Crippen molar-refractivity contribution in [3.8, 4) is 0 Å². The first-order chi connectivity index (χ1) is 13.6. The summed E-state index contributed by atoms with van der Waals surface area (Å²) in [6, 6.07) is 14.0.